The summed E-state index contributed by atoms with van der Waals surface area (Å²) in [5.74, 6) is 1.22. The van der Waals surface area contributed by atoms with Crippen LogP contribution in [0.3, 0.4) is 0 Å². The monoisotopic (exact) mass is 286 g/mol. The van der Waals surface area contributed by atoms with Gasteiger partial charge in [-0.2, -0.15) is 0 Å². The van der Waals surface area contributed by atoms with Crippen LogP contribution >= 0.6 is 0 Å². The van der Waals surface area contributed by atoms with Crippen molar-refractivity contribution in [2.75, 3.05) is 17.7 Å². The number of aryl methyl sites for hydroxylation is 1. The van der Waals surface area contributed by atoms with E-state index in [2.05, 4.69) is 20.6 Å². The van der Waals surface area contributed by atoms with Crippen molar-refractivity contribution in [3.8, 4) is 5.75 Å². The van der Waals surface area contributed by atoms with E-state index < -0.39 is 0 Å². The Labute approximate surface area is 123 Å². The number of rotatable bonds is 5. The van der Waals surface area contributed by atoms with E-state index in [1.165, 1.54) is 6.92 Å². The minimum absolute atomic E-state index is 0.134. The zero-order valence-electron chi connectivity index (χ0n) is 12.3. The maximum Gasteiger partial charge on any atom is 0.221 e. The molecular weight excluding hydrogens is 268 g/mol. The predicted octanol–water partition coefficient (Wildman–Crippen LogP) is 2.36. The van der Waals surface area contributed by atoms with Crippen molar-refractivity contribution >= 4 is 17.3 Å². The molecule has 2 N–H and O–H groups in total. The van der Waals surface area contributed by atoms with Gasteiger partial charge in [0.2, 0.25) is 5.91 Å². The van der Waals surface area contributed by atoms with Crippen LogP contribution < -0.4 is 15.4 Å². The van der Waals surface area contributed by atoms with E-state index in [0.29, 0.717) is 18.0 Å². The van der Waals surface area contributed by atoms with E-state index >= 15 is 0 Å². The zero-order chi connectivity index (χ0) is 15.2. The van der Waals surface area contributed by atoms with E-state index in [9.17, 15) is 4.79 Å². The van der Waals surface area contributed by atoms with E-state index in [4.69, 9.17) is 4.74 Å². The summed E-state index contributed by atoms with van der Waals surface area (Å²) in [6.45, 7) is 3.91. The molecule has 1 amide bonds. The molecule has 0 aliphatic heterocycles. The van der Waals surface area contributed by atoms with Crippen molar-refractivity contribution < 1.29 is 9.53 Å². The molecule has 0 atom stereocenters. The molecule has 0 saturated heterocycles. The Morgan fingerprint density at radius 3 is 2.81 bits per heavy atom. The van der Waals surface area contributed by atoms with Crippen LogP contribution in [0.25, 0.3) is 0 Å². The number of carbonyl (C=O) groups is 1. The lowest BCUT2D eigenvalue weighted by Gasteiger charge is -2.12. The first-order valence-corrected chi connectivity index (χ1v) is 6.56. The fourth-order valence-electron chi connectivity index (χ4n) is 1.89. The average Bonchev–Trinajstić information content (AvgIpc) is 2.45. The van der Waals surface area contributed by atoms with Crippen molar-refractivity contribution in [2.45, 2.75) is 20.4 Å². The van der Waals surface area contributed by atoms with Crippen molar-refractivity contribution in [2.24, 2.45) is 0 Å². The minimum atomic E-state index is -0.134. The highest BCUT2D eigenvalue weighted by Gasteiger charge is 2.06. The molecule has 110 valence electrons. The van der Waals surface area contributed by atoms with Crippen molar-refractivity contribution in [3.63, 3.8) is 0 Å². The topological polar surface area (TPSA) is 76.1 Å². The van der Waals surface area contributed by atoms with Gasteiger partial charge in [-0.05, 0) is 25.1 Å². The number of amides is 1. The van der Waals surface area contributed by atoms with Gasteiger partial charge in [0.25, 0.3) is 0 Å². The highest BCUT2D eigenvalue weighted by Crippen LogP contribution is 2.28. The third kappa shape index (κ3) is 4.17. The maximum absolute atomic E-state index is 11.1. The molecule has 2 aromatic rings. The Bertz CT molecular complexity index is 643. The molecular formula is C15H18N4O2. The van der Waals surface area contributed by atoms with Crippen LogP contribution in [0, 0.1) is 6.92 Å². The highest BCUT2D eigenvalue weighted by molar-refractivity contribution is 5.90. The zero-order valence-corrected chi connectivity index (χ0v) is 12.3. The largest absolute Gasteiger partial charge is 0.494 e. The fraction of sp³-hybridized carbons (Fsp3) is 0.267. The number of anilines is 2. The van der Waals surface area contributed by atoms with Gasteiger partial charge in [-0.25, -0.2) is 9.97 Å². The van der Waals surface area contributed by atoms with Crippen LogP contribution in [0.15, 0.2) is 30.5 Å². The second-order valence-electron chi connectivity index (χ2n) is 4.54. The smallest absolute Gasteiger partial charge is 0.221 e. The number of carbonyl (C=O) groups excluding carboxylic acids is 1. The molecule has 2 rings (SSSR count). The van der Waals surface area contributed by atoms with Gasteiger partial charge in [-0.1, -0.05) is 0 Å². The predicted molar refractivity (Wildman–Crippen MR) is 81.4 cm³/mol. The Kier molecular flexibility index (Phi) is 4.71. The normalized spacial score (nSPS) is 10.0. The molecule has 0 unspecified atom stereocenters. The summed E-state index contributed by atoms with van der Waals surface area (Å²) in [6, 6.07) is 7.37. The van der Waals surface area contributed by atoms with Gasteiger partial charge in [0, 0.05) is 24.9 Å². The summed E-state index contributed by atoms with van der Waals surface area (Å²) in [4.78, 5) is 19.5. The summed E-state index contributed by atoms with van der Waals surface area (Å²) >= 11 is 0. The molecule has 21 heavy (non-hydrogen) atoms. The van der Waals surface area contributed by atoms with E-state index in [-0.39, 0.29) is 5.91 Å². The molecule has 6 heteroatoms. The average molecular weight is 286 g/mol. The molecule has 0 spiro atoms. The summed E-state index contributed by atoms with van der Waals surface area (Å²) < 4.78 is 5.28. The Balaban J connectivity index is 2.08. The molecule has 0 bridgehead atoms. The van der Waals surface area contributed by atoms with E-state index in [1.807, 2.05) is 25.1 Å². The first-order chi connectivity index (χ1) is 10.1. The number of nitrogens with zero attached hydrogens (tertiary/aromatic N) is 2. The molecule has 1 aromatic carbocycles. The van der Waals surface area contributed by atoms with Gasteiger partial charge in [0.15, 0.2) is 0 Å². The molecule has 0 fully saturated rings. The minimum Gasteiger partial charge on any atom is -0.494 e. The summed E-state index contributed by atoms with van der Waals surface area (Å²) in [5.41, 5.74) is 2.44. The van der Waals surface area contributed by atoms with Gasteiger partial charge < -0.3 is 15.4 Å². The number of nitrogens with one attached hydrogen (secondary N) is 2. The summed E-state index contributed by atoms with van der Waals surface area (Å²) in [5, 5.41) is 5.98. The number of aromatic nitrogens is 2. The lowest BCUT2D eigenvalue weighted by molar-refractivity contribution is -0.114. The first kappa shape index (κ1) is 14.8. The summed E-state index contributed by atoms with van der Waals surface area (Å²) in [6.07, 6.45) is 1.74. The maximum atomic E-state index is 11.1. The Morgan fingerprint density at radius 2 is 2.14 bits per heavy atom. The molecule has 0 radical (unpaired) electrons. The number of ether oxygens (including phenoxy) is 1. The molecule has 0 saturated carbocycles. The third-order valence-electron chi connectivity index (χ3n) is 2.82. The molecule has 1 aromatic heterocycles. The third-order valence-corrected chi connectivity index (χ3v) is 2.82. The first-order valence-electron chi connectivity index (χ1n) is 6.56. The van der Waals surface area contributed by atoms with Crippen LogP contribution in [-0.4, -0.2) is 23.0 Å². The SMILES string of the molecule is COc1cc(NCc2ccnc(C)n2)ccc1NC(C)=O. The quantitative estimate of drug-likeness (QED) is 0.882. The number of hydrogen-bond donors (Lipinski definition) is 2. The van der Waals surface area contributed by atoms with Gasteiger partial charge >= 0.3 is 0 Å². The van der Waals surface area contributed by atoms with Crippen LogP contribution in [0.4, 0.5) is 11.4 Å². The van der Waals surface area contributed by atoms with Crippen molar-refractivity contribution in [3.05, 3.63) is 42.0 Å². The van der Waals surface area contributed by atoms with E-state index in [0.717, 1.165) is 17.2 Å². The number of hydrogen-bond acceptors (Lipinski definition) is 5. The van der Waals surface area contributed by atoms with Gasteiger partial charge in [-0.3, -0.25) is 4.79 Å². The summed E-state index contributed by atoms with van der Waals surface area (Å²) in [7, 11) is 1.57. The lowest BCUT2D eigenvalue weighted by atomic mass is 10.2. The molecule has 1 heterocycles. The van der Waals surface area contributed by atoms with Gasteiger partial charge in [0.05, 0.1) is 25.0 Å². The van der Waals surface area contributed by atoms with Crippen LogP contribution in [0.5, 0.6) is 5.75 Å². The van der Waals surface area contributed by atoms with Crippen LogP contribution in [0.2, 0.25) is 0 Å². The van der Waals surface area contributed by atoms with Gasteiger partial charge in [-0.15, -0.1) is 0 Å². The van der Waals surface area contributed by atoms with Gasteiger partial charge in [0.1, 0.15) is 11.6 Å². The van der Waals surface area contributed by atoms with Crippen LogP contribution in [0.1, 0.15) is 18.4 Å². The second-order valence-corrected chi connectivity index (χ2v) is 4.54. The molecule has 0 aliphatic rings. The number of benzene rings is 1. The number of methoxy groups -OCH3 is 1. The fourth-order valence-corrected chi connectivity index (χ4v) is 1.89. The standard InChI is InChI=1S/C15H18N4O2/c1-10-16-7-6-13(18-10)9-17-12-4-5-14(19-11(2)20)15(8-12)21-3/h4-8,17H,9H2,1-3H3,(H,19,20). The van der Waals surface area contributed by atoms with Crippen molar-refractivity contribution in [1.82, 2.24) is 9.97 Å². The molecule has 0 aliphatic carbocycles. The van der Waals surface area contributed by atoms with Crippen LogP contribution in [-0.2, 0) is 11.3 Å². The highest BCUT2D eigenvalue weighted by atomic mass is 16.5. The lowest BCUT2D eigenvalue weighted by Crippen LogP contribution is -2.08. The Morgan fingerprint density at radius 1 is 1.33 bits per heavy atom. The van der Waals surface area contributed by atoms with Crippen molar-refractivity contribution in [1.29, 1.82) is 0 Å². The second kappa shape index (κ2) is 6.69. The molecule has 6 nitrogen and oxygen atoms in total. The Hall–Kier alpha value is -2.63. The van der Waals surface area contributed by atoms with E-state index in [1.54, 1.807) is 19.4 Å².